The van der Waals surface area contributed by atoms with Crippen molar-refractivity contribution in [2.24, 2.45) is 0 Å². The van der Waals surface area contributed by atoms with Crippen LogP contribution in [0.5, 0.6) is 0 Å². The first kappa shape index (κ1) is 58.6. The topological polar surface area (TPSA) is 95.9 Å². The van der Waals surface area contributed by atoms with Crippen LogP contribution >= 0.6 is 0 Å². The standard InChI is InChI=1S/C54H105NO5/c1-3-5-7-9-11-13-15-17-19-20-21-22-23-25-27-32-36-40-44-48-54(59)60-49-45-41-37-33-29-28-31-35-39-43-47-53(58)55-51(50-56)52(57)46-42-38-34-30-26-24-18-16-14-12-10-8-6-4-2/h17,19,51-52,56-57H,3-16,18,20-50H2,1-2H3,(H,55,58)/b19-17-. The Morgan fingerprint density at radius 2 is 0.783 bits per heavy atom. The minimum Gasteiger partial charge on any atom is -0.466 e. The molecule has 2 atom stereocenters. The molecular formula is C54H105NO5. The predicted octanol–water partition coefficient (Wildman–Crippen LogP) is 16.1. The van der Waals surface area contributed by atoms with Crippen molar-refractivity contribution in [3.8, 4) is 0 Å². The van der Waals surface area contributed by atoms with Crippen LogP contribution in [-0.2, 0) is 14.3 Å². The number of aliphatic hydroxyl groups excluding tert-OH is 2. The molecule has 0 aromatic carbocycles. The lowest BCUT2D eigenvalue weighted by Gasteiger charge is -2.22. The summed E-state index contributed by atoms with van der Waals surface area (Å²) in [5, 5.41) is 23.2. The maximum absolute atomic E-state index is 12.4. The van der Waals surface area contributed by atoms with Crippen molar-refractivity contribution in [3.63, 3.8) is 0 Å². The Morgan fingerprint density at radius 1 is 0.450 bits per heavy atom. The number of allylic oxidation sites excluding steroid dienone is 2. The summed E-state index contributed by atoms with van der Waals surface area (Å²) in [4.78, 5) is 24.5. The highest BCUT2D eigenvalue weighted by molar-refractivity contribution is 5.76. The van der Waals surface area contributed by atoms with Gasteiger partial charge < -0.3 is 20.3 Å². The van der Waals surface area contributed by atoms with E-state index in [1.807, 2.05) is 0 Å². The molecule has 60 heavy (non-hydrogen) atoms. The van der Waals surface area contributed by atoms with Gasteiger partial charge in [0, 0.05) is 12.8 Å². The van der Waals surface area contributed by atoms with E-state index in [4.69, 9.17) is 4.74 Å². The van der Waals surface area contributed by atoms with Gasteiger partial charge >= 0.3 is 5.97 Å². The highest BCUT2D eigenvalue weighted by atomic mass is 16.5. The number of ether oxygens (including phenoxy) is 1. The summed E-state index contributed by atoms with van der Waals surface area (Å²) in [6.45, 7) is 4.91. The van der Waals surface area contributed by atoms with Gasteiger partial charge in [0.1, 0.15) is 0 Å². The van der Waals surface area contributed by atoms with Crippen LogP contribution in [-0.4, -0.2) is 47.4 Å². The van der Waals surface area contributed by atoms with Crippen LogP contribution in [0.1, 0.15) is 296 Å². The zero-order chi connectivity index (χ0) is 43.7. The maximum atomic E-state index is 12.4. The molecule has 0 saturated heterocycles. The Labute approximate surface area is 374 Å². The summed E-state index contributed by atoms with van der Waals surface area (Å²) < 4.78 is 5.47. The first-order valence-electron chi connectivity index (χ1n) is 26.9. The van der Waals surface area contributed by atoms with Crippen LogP contribution in [0, 0.1) is 0 Å². The van der Waals surface area contributed by atoms with Gasteiger partial charge in [0.2, 0.25) is 5.91 Å². The molecule has 356 valence electrons. The molecule has 1 amide bonds. The molecule has 0 bridgehead atoms. The van der Waals surface area contributed by atoms with Crippen LogP contribution in [0.15, 0.2) is 12.2 Å². The van der Waals surface area contributed by atoms with Crippen LogP contribution < -0.4 is 5.32 Å². The minimum absolute atomic E-state index is 0.0188. The molecule has 6 nitrogen and oxygen atoms in total. The van der Waals surface area contributed by atoms with Gasteiger partial charge in [-0.2, -0.15) is 0 Å². The summed E-state index contributed by atoms with van der Waals surface area (Å²) >= 11 is 0. The summed E-state index contributed by atoms with van der Waals surface area (Å²) in [5.41, 5.74) is 0. The van der Waals surface area contributed by atoms with Crippen molar-refractivity contribution in [2.75, 3.05) is 13.2 Å². The van der Waals surface area contributed by atoms with Gasteiger partial charge in [-0.3, -0.25) is 9.59 Å². The number of nitrogens with one attached hydrogen (secondary N) is 1. The zero-order valence-corrected chi connectivity index (χ0v) is 40.5. The number of unbranched alkanes of at least 4 members (excludes halogenated alkanes) is 37. The fourth-order valence-corrected chi connectivity index (χ4v) is 8.40. The number of esters is 1. The molecule has 0 saturated carbocycles. The van der Waals surface area contributed by atoms with Crippen molar-refractivity contribution in [1.82, 2.24) is 5.32 Å². The van der Waals surface area contributed by atoms with Crippen LogP contribution in [0.4, 0.5) is 0 Å². The van der Waals surface area contributed by atoms with Crippen molar-refractivity contribution < 1.29 is 24.5 Å². The highest BCUT2D eigenvalue weighted by Gasteiger charge is 2.20. The van der Waals surface area contributed by atoms with Gasteiger partial charge in [-0.05, 0) is 51.4 Å². The van der Waals surface area contributed by atoms with Gasteiger partial charge in [-0.1, -0.05) is 244 Å². The average molecular weight is 848 g/mol. The Balaban J connectivity index is 3.45. The van der Waals surface area contributed by atoms with Crippen molar-refractivity contribution in [3.05, 3.63) is 12.2 Å². The number of hydrogen-bond acceptors (Lipinski definition) is 5. The van der Waals surface area contributed by atoms with Gasteiger partial charge in [0.25, 0.3) is 0 Å². The van der Waals surface area contributed by atoms with E-state index in [1.54, 1.807) is 0 Å². The van der Waals surface area contributed by atoms with E-state index >= 15 is 0 Å². The Morgan fingerprint density at radius 3 is 1.18 bits per heavy atom. The molecule has 0 aliphatic heterocycles. The first-order chi connectivity index (χ1) is 29.5. The van der Waals surface area contributed by atoms with Gasteiger partial charge in [0.05, 0.1) is 25.4 Å². The third kappa shape index (κ3) is 46.1. The van der Waals surface area contributed by atoms with Crippen molar-refractivity contribution >= 4 is 11.9 Å². The molecule has 3 N–H and O–H groups in total. The first-order valence-corrected chi connectivity index (χ1v) is 26.9. The zero-order valence-electron chi connectivity index (χ0n) is 40.5. The molecule has 2 unspecified atom stereocenters. The SMILES string of the molecule is CCCCCCCC/C=C\CCCCCCCCCCCC(=O)OCCCCCCCCCCCCC(=O)NC(CO)C(O)CCCCCCCCCCCCCCCC. The lowest BCUT2D eigenvalue weighted by molar-refractivity contribution is -0.143. The molecule has 0 spiro atoms. The second-order valence-electron chi connectivity index (χ2n) is 18.6. The maximum Gasteiger partial charge on any atom is 0.305 e. The average Bonchev–Trinajstić information content (AvgIpc) is 3.25. The third-order valence-electron chi connectivity index (χ3n) is 12.6. The number of rotatable bonds is 50. The van der Waals surface area contributed by atoms with E-state index in [-0.39, 0.29) is 18.5 Å². The summed E-state index contributed by atoms with van der Waals surface area (Å²) in [5.74, 6) is -0.0752. The van der Waals surface area contributed by atoms with Crippen LogP contribution in [0.2, 0.25) is 0 Å². The summed E-state index contributed by atoms with van der Waals surface area (Å²) in [7, 11) is 0. The minimum atomic E-state index is -0.678. The van der Waals surface area contributed by atoms with E-state index in [0.29, 0.717) is 25.9 Å². The highest BCUT2D eigenvalue weighted by Crippen LogP contribution is 2.17. The van der Waals surface area contributed by atoms with Gasteiger partial charge in [-0.25, -0.2) is 0 Å². The molecule has 0 heterocycles. The molecule has 0 fully saturated rings. The van der Waals surface area contributed by atoms with E-state index < -0.39 is 12.1 Å². The molecule has 0 radical (unpaired) electrons. The number of carbonyl (C=O) groups excluding carboxylic acids is 2. The lowest BCUT2D eigenvalue weighted by atomic mass is 10.0. The van der Waals surface area contributed by atoms with E-state index in [0.717, 1.165) is 57.8 Å². The molecule has 0 aromatic rings. The monoisotopic (exact) mass is 848 g/mol. The van der Waals surface area contributed by atoms with Crippen LogP contribution in [0.25, 0.3) is 0 Å². The van der Waals surface area contributed by atoms with E-state index in [9.17, 15) is 19.8 Å². The van der Waals surface area contributed by atoms with Crippen LogP contribution in [0.3, 0.4) is 0 Å². The van der Waals surface area contributed by atoms with E-state index in [2.05, 4.69) is 31.3 Å². The fraction of sp³-hybridized carbons (Fsp3) is 0.926. The van der Waals surface area contributed by atoms with Crippen molar-refractivity contribution in [2.45, 2.75) is 309 Å². The normalized spacial score (nSPS) is 12.7. The van der Waals surface area contributed by atoms with Crippen molar-refractivity contribution in [1.29, 1.82) is 0 Å². The predicted molar refractivity (Wildman–Crippen MR) is 260 cm³/mol. The number of aliphatic hydroxyl groups is 2. The number of amides is 1. The smallest absolute Gasteiger partial charge is 0.305 e. The number of carbonyl (C=O) groups is 2. The lowest BCUT2D eigenvalue weighted by Crippen LogP contribution is -2.45. The Bertz CT molecular complexity index is 893. The summed E-state index contributed by atoms with van der Waals surface area (Å²) in [6, 6.07) is -0.557. The molecule has 6 heteroatoms. The molecule has 0 aromatic heterocycles. The molecule has 0 aliphatic carbocycles. The second-order valence-corrected chi connectivity index (χ2v) is 18.6. The molecule has 0 rings (SSSR count). The second kappa shape index (κ2) is 50.2. The van der Waals surface area contributed by atoms with Gasteiger partial charge in [-0.15, -0.1) is 0 Å². The Kier molecular flexibility index (Phi) is 49.1. The Hall–Kier alpha value is -1.40. The fourth-order valence-electron chi connectivity index (χ4n) is 8.40. The summed E-state index contributed by atoms with van der Waals surface area (Å²) in [6.07, 6.45) is 57.5. The molecular weight excluding hydrogens is 743 g/mol. The van der Waals surface area contributed by atoms with E-state index in [1.165, 1.54) is 205 Å². The third-order valence-corrected chi connectivity index (χ3v) is 12.6. The molecule has 0 aliphatic rings. The van der Waals surface area contributed by atoms with Gasteiger partial charge in [0.15, 0.2) is 0 Å². The largest absolute Gasteiger partial charge is 0.466 e. The quantitative estimate of drug-likeness (QED) is 0.0322. The number of hydrogen-bond donors (Lipinski definition) is 3.